The van der Waals surface area contributed by atoms with Crippen LogP contribution in [0.4, 0.5) is 0 Å². The number of rotatable bonds is 3. The quantitative estimate of drug-likeness (QED) is 0.913. The van der Waals surface area contributed by atoms with Crippen molar-refractivity contribution in [2.24, 2.45) is 0 Å². The fourth-order valence-electron chi connectivity index (χ4n) is 3.00. The van der Waals surface area contributed by atoms with Crippen LogP contribution in [0.2, 0.25) is 0 Å². The number of fused-ring (bicyclic) bond motifs is 1. The lowest BCUT2D eigenvalue weighted by Crippen LogP contribution is -2.38. The zero-order chi connectivity index (χ0) is 14.2. The third-order valence-corrected chi connectivity index (χ3v) is 6.34. The summed E-state index contributed by atoms with van der Waals surface area (Å²) in [5.41, 5.74) is 0. The molecule has 20 heavy (non-hydrogen) atoms. The van der Waals surface area contributed by atoms with E-state index in [-0.39, 0.29) is 11.3 Å². The van der Waals surface area contributed by atoms with Gasteiger partial charge in [0.2, 0.25) is 0 Å². The minimum atomic E-state index is -3.33. The van der Waals surface area contributed by atoms with Crippen LogP contribution in [0, 0.1) is 0 Å². The number of ether oxygens (including phenoxy) is 2. The molecule has 0 amide bonds. The third-order valence-electron chi connectivity index (χ3n) is 4.06. The van der Waals surface area contributed by atoms with Crippen LogP contribution in [-0.2, 0) is 9.84 Å². The predicted octanol–water partition coefficient (Wildman–Crippen LogP) is 1.37. The molecule has 1 aromatic carbocycles. The van der Waals surface area contributed by atoms with E-state index < -0.39 is 9.84 Å². The van der Waals surface area contributed by atoms with Gasteiger partial charge in [-0.15, -0.1) is 0 Å². The molecule has 1 aliphatic carbocycles. The normalized spacial score (nSPS) is 25.6. The van der Waals surface area contributed by atoms with Gasteiger partial charge in [0.05, 0.1) is 10.1 Å². The van der Waals surface area contributed by atoms with Gasteiger partial charge in [0.15, 0.2) is 21.3 Å². The molecule has 1 saturated carbocycles. The summed E-state index contributed by atoms with van der Waals surface area (Å²) in [6, 6.07) is 4.93. The Morgan fingerprint density at radius 3 is 2.65 bits per heavy atom. The zero-order valence-corrected chi connectivity index (χ0v) is 12.3. The van der Waals surface area contributed by atoms with Crippen molar-refractivity contribution >= 4 is 9.84 Å². The van der Waals surface area contributed by atoms with Gasteiger partial charge >= 0.3 is 0 Å². The molecule has 1 heterocycles. The van der Waals surface area contributed by atoms with E-state index in [9.17, 15) is 8.42 Å². The first kappa shape index (κ1) is 13.7. The predicted molar refractivity (Wildman–Crippen MR) is 75.1 cm³/mol. The molecule has 1 fully saturated rings. The van der Waals surface area contributed by atoms with Crippen molar-refractivity contribution in [3.63, 3.8) is 0 Å². The van der Waals surface area contributed by atoms with E-state index >= 15 is 0 Å². The number of hydrogen-bond donors (Lipinski definition) is 1. The first-order chi connectivity index (χ1) is 9.63. The van der Waals surface area contributed by atoms with E-state index in [1.807, 2.05) is 7.05 Å². The largest absolute Gasteiger partial charge is 0.486 e. The van der Waals surface area contributed by atoms with Gasteiger partial charge in [0.25, 0.3) is 0 Å². The molecule has 0 bridgehead atoms. The first-order valence-corrected chi connectivity index (χ1v) is 8.48. The average Bonchev–Trinajstić information content (AvgIpc) is 2.96. The topological polar surface area (TPSA) is 64.6 Å². The number of hydrogen-bond acceptors (Lipinski definition) is 5. The fourth-order valence-corrected chi connectivity index (χ4v) is 5.06. The van der Waals surface area contributed by atoms with Gasteiger partial charge in [-0.25, -0.2) is 8.42 Å². The monoisotopic (exact) mass is 297 g/mol. The summed E-state index contributed by atoms with van der Waals surface area (Å²) in [5.74, 6) is 1.14. The van der Waals surface area contributed by atoms with E-state index in [1.165, 1.54) is 0 Å². The van der Waals surface area contributed by atoms with Crippen molar-refractivity contribution in [3.05, 3.63) is 18.2 Å². The van der Waals surface area contributed by atoms with E-state index in [4.69, 9.17) is 9.47 Å². The molecule has 0 radical (unpaired) electrons. The highest BCUT2D eigenvalue weighted by atomic mass is 32.2. The number of benzene rings is 1. The molecule has 3 rings (SSSR count). The average molecular weight is 297 g/mol. The van der Waals surface area contributed by atoms with Crippen LogP contribution in [0.1, 0.15) is 19.3 Å². The van der Waals surface area contributed by atoms with Crippen LogP contribution >= 0.6 is 0 Å². The summed E-state index contributed by atoms with van der Waals surface area (Å²) in [6.45, 7) is 0.961. The highest BCUT2D eigenvalue weighted by Gasteiger charge is 2.38. The van der Waals surface area contributed by atoms with Gasteiger partial charge < -0.3 is 14.8 Å². The molecule has 0 saturated heterocycles. The maximum absolute atomic E-state index is 12.8. The van der Waals surface area contributed by atoms with Crippen molar-refractivity contribution < 1.29 is 17.9 Å². The highest BCUT2D eigenvalue weighted by Crippen LogP contribution is 2.36. The molecular formula is C14H19NO4S. The second-order valence-corrected chi connectivity index (χ2v) is 7.38. The smallest absolute Gasteiger partial charge is 0.182 e. The first-order valence-electron chi connectivity index (χ1n) is 6.94. The third kappa shape index (κ3) is 2.27. The molecule has 2 atom stereocenters. The Morgan fingerprint density at radius 2 is 1.90 bits per heavy atom. The van der Waals surface area contributed by atoms with Crippen molar-refractivity contribution in [2.45, 2.75) is 35.4 Å². The standard InChI is InChI=1S/C14H19NO4S/c1-15-11-3-2-4-14(11)20(16,17)10-5-6-12-13(9-10)19-8-7-18-12/h5-6,9,11,14-15H,2-4,7-8H2,1H3. The number of sulfone groups is 1. The summed E-state index contributed by atoms with van der Waals surface area (Å²) in [4.78, 5) is 0.328. The minimum Gasteiger partial charge on any atom is -0.486 e. The van der Waals surface area contributed by atoms with Gasteiger partial charge in [-0.1, -0.05) is 6.42 Å². The molecule has 0 spiro atoms. The van der Waals surface area contributed by atoms with Crippen molar-refractivity contribution in [1.82, 2.24) is 5.32 Å². The lowest BCUT2D eigenvalue weighted by atomic mass is 10.2. The van der Waals surface area contributed by atoms with Crippen LogP contribution in [0.3, 0.4) is 0 Å². The Morgan fingerprint density at radius 1 is 1.15 bits per heavy atom. The van der Waals surface area contributed by atoms with Crippen LogP contribution < -0.4 is 14.8 Å². The Labute approximate surface area is 119 Å². The molecule has 1 aliphatic heterocycles. The second-order valence-electron chi connectivity index (χ2n) is 5.21. The van der Waals surface area contributed by atoms with E-state index in [1.54, 1.807) is 18.2 Å². The van der Waals surface area contributed by atoms with Crippen LogP contribution in [0.5, 0.6) is 11.5 Å². The van der Waals surface area contributed by atoms with Gasteiger partial charge in [-0.2, -0.15) is 0 Å². The minimum absolute atomic E-state index is 0.0354. The SMILES string of the molecule is CNC1CCCC1S(=O)(=O)c1ccc2c(c1)OCCO2. The molecule has 0 aromatic heterocycles. The molecule has 5 nitrogen and oxygen atoms in total. The Kier molecular flexibility index (Phi) is 3.60. The van der Waals surface area contributed by atoms with Crippen LogP contribution in [0.25, 0.3) is 0 Å². The maximum atomic E-state index is 12.8. The molecule has 2 unspecified atom stereocenters. The molecule has 1 aromatic rings. The molecular weight excluding hydrogens is 278 g/mol. The summed E-state index contributed by atoms with van der Waals surface area (Å²) in [6.07, 6.45) is 2.56. The lowest BCUT2D eigenvalue weighted by Gasteiger charge is -2.22. The van der Waals surface area contributed by atoms with Crippen molar-refractivity contribution in [3.8, 4) is 11.5 Å². The van der Waals surface area contributed by atoms with Gasteiger partial charge in [-0.05, 0) is 32.0 Å². The highest BCUT2D eigenvalue weighted by molar-refractivity contribution is 7.92. The Hall–Kier alpha value is -1.27. The Bertz CT molecular complexity index is 599. The van der Waals surface area contributed by atoms with Gasteiger partial charge in [0, 0.05) is 12.1 Å². The number of nitrogens with one attached hydrogen (secondary N) is 1. The van der Waals surface area contributed by atoms with E-state index in [0.29, 0.717) is 36.0 Å². The summed E-state index contributed by atoms with van der Waals surface area (Å²) >= 11 is 0. The maximum Gasteiger partial charge on any atom is 0.182 e. The molecule has 1 N–H and O–H groups in total. The van der Waals surface area contributed by atoms with Crippen LogP contribution in [0.15, 0.2) is 23.1 Å². The fraction of sp³-hybridized carbons (Fsp3) is 0.571. The van der Waals surface area contributed by atoms with E-state index in [0.717, 1.165) is 12.8 Å². The second kappa shape index (κ2) is 5.26. The molecule has 2 aliphatic rings. The lowest BCUT2D eigenvalue weighted by molar-refractivity contribution is 0.171. The summed E-state index contributed by atoms with van der Waals surface area (Å²) < 4.78 is 36.4. The summed E-state index contributed by atoms with van der Waals surface area (Å²) in [5, 5.41) is 2.77. The zero-order valence-electron chi connectivity index (χ0n) is 11.5. The molecule has 110 valence electrons. The van der Waals surface area contributed by atoms with Gasteiger partial charge in [0.1, 0.15) is 13.2 Å². The van der Waals surface area contributed by atoms with Crippen molar-refractivity contribution in [2.75, 3.05) is 20.3 Å². The van der Waals surface area contributed by atoms with Crippen LogP contribution in [-0.4, -0.2) is 40.0 Å². The van der Waals surface area contributed by atoms with E-state index in [2.05, 4.69) is 5.32 Å². The molecule has 6 heteroatoms. The summed E-state index contributed by atoms with van der Waals surface area (Å²) in [7, 11) is -1.51. The van der Waals surface area contributed by atoms with Crippen molar-refractivity contribution in [1.29, 1.82) is 0 Å². The van der Waals surface area contributed by atoms with Gasteiger partial charge in [-0.3, -0.25) is 0 Å². The Balaban J connectivity index is 1.95.